The lowest BCUT2D eigenvalue weighted by Crippen LogP contribution is -2.54. The lowest BCUT2D eigenvalue weighted by atomic mass is 9.92. The predicted molar refractivity (Wildman–Crippen MR) is 74.4 cm³/mol. The number of nitrogens with one attached hydrogen (secondary N) is 2. The lowest BCUT2D eigenvalue weighted by Gasteiger charge is -2.31. The van der Waals surface area contributed by atoms with E-state index in [0.29, 0.717) is 24.9 Å². The standard InChI is InChI=1S/C13H18F3N3O2.ClH/c14-13(15,16)10-2-1-9(11(20)18-10)12(21)19-5-7-3-17-4-8(7)6-19;/h7-10,17H,1-6H2,(H,18,20);1H/t7-,8+,9?,10?;. The van der Waals surface area contributed by atoms with E-state index in [-0.39, 0.29) is 31.2 Å². The van der Waals surface area contributed by atoms with Crippen molar-refractivity contribution in [3.05, 3.63) is 0 Å². The molecule has 5 nitrogen and oxygen atoms in total. The summed E-state index contributed by atoms with van der Waals surface area (Å²) < 4.78 is 37.7. The van der Waals surface area contributed by atoms with Gasteiger partial charge in [0.25, 0.3) is 0 Å². The van der Waals surface area contributed by atoms with Gasteiger partial charge >= 0.3 is 6.18 Å². The third-order valence-electron chi connectivity index (χ3n) is 4.77. The van der Waals surface area contributed by atoms with Crippen LogP contribution >= 0.6 is 12.4 Å². The third-order valence-corrected chi connectivity index (χ3v) is 4.77. The predicted octanol–water partition coefficient (Wildman–Crippen LogP) is 0.543. The average Bonchev–Trinajstić information content (AvgIpc) is 2.97. The smallest absolute Gasteiger partial charge is 0.344 e. The number of carbonyl (C=O) groups is 2. The van der Waals surface area contributed by atoms with Crippen molar-refractivity contribution < 1.29 is 22.8 Å². The number of alkyl halides is 3. The SMILES string of the molecule is Cl.O=C1NC(C(F)(F)F)CCC1C(=O)N1C[C@H]2CNC[C@H]2C1. The van der Waals surface area contributed by atoms with Crippen LogP contribution in [0.1, 0.15) is 12.8 Å². The molecule has 0 aliphatic carbocycles. The fourth-order valence-electron chi connectivity index (χ4n) is 3.55. The number of hydrogen-bond acceptors (Lipinski definition) is 3. The molecule has 0 spiro atoms. The molecule has 3 aliphatic rings. The van der Waals surface area contributed by atoms with Crippen LogP contribution in [-0.4, -0.2) is 55.1 Å². The summed E-state index contributed by atoms with van der Waals surface area (Å²) in [5, 5.41) is 5.19. The van der Waals surface area contributed by atoms with E-state index < -0.39 is 24.0 Å². The maximum atomic E-state index is 12.6. The number of amides is 2. The Hall–Kier alpha value is -1.02. The second-order valence-electron chi connectivity index (χ2n) is 6.15. The van der Waals surface area contributed by atoms with Gasteiger partial charge in [0.1, 0.15) is 12.0 Å². The van der Waals surface area contributed by atoms with Crippen LogP contribution < -0.4 is 10.6 Å². The minimum Gasteiger partial charge on any atom is -0.344 e. The molecule has 3 aliphatic heterocycles. The summed E-state index contributed by atoms with van der Waals surface area (Å²) in [6, 6.07) is -1.82. The molecule has 22 heavy (non-hydrogen) atoms. The molecule has 0 aromatic rings. The summed E-state index contributed by atoms with van der Waals surface area (Å²) in [7, 11) is 0. The molecule has 0 aromatic heterocycles. The molecule has 2 N–H and O–H groups in total. The molecule has 3 rings (SSSR count). The number of carbonyl (C=O) groups excluding carboxylic acids is 2. The first-order valence-corrected chi connectivity index (χ1v) is 7.23. The van der Waals surface area contributed by atoms with Crippen LogP contribution in [-0.2, 0) is 9.59 Å². The van der Waals surface area contributed by atoms with Crippen LogP contribution in [0.15, 0.2) is 0 Å². The summed E-state index contributed by atoms with van der Waals surface area (Å²) in [6.07, 6.45) is -4.70. The fourth-order valence-corrected chi connectivity index (χ4v) is 3.55. The van der Waals surface area contributed by atoms with Gasteiger partial charge in [0.15, 0.2) is 0 Å². The van der Waals surface area contributed by atoms with E-state index in [1.54, 1.807) is 4.90 Å². The molecule has 3 heterocycles. The topological polar surface area (TPSA) is 61.4 Å². The first kappa shape index (κ1) is 17.3. The highest BCUT2D eigenvalue weighted by Crippen LogP contribution is 2.32. The maximum Gasteiger partial charge on any atom is 0.408 e. The number of likely N-dealkylation sites (tertiary alicyclic amines) is 1. The van der Waals surface area contributed by atoms with Crippen LogP contribution in [0.25, 0.3) is 0 Å². The quantitative estimate of drug-likeness (QED) is 0.685. The van der Waals surface area contributed by atoms with Gasteiger partial charge < -0.3 is 15.5 Å². The Morgan fingerprint density at radius 3 is 2.23 bits per heavy atom. The van der Waals surface area contributed by atoms with Gasteiger partial charge in [-0.25, -0.2) is 0 Å². The van der Waals surface area contributed by atoms with Crippen molar-refractivity contribution in [2.24, 2.45) is 17.8 Å². The van der Waals surface area contributed by atoms with Crippen LogP contribution in [0.5, 0.6) is 0 Å². The summed E-state index contributed by atoms with van der Waals surface area (Å²) in [6.45, 7) is 2.93. The van der Waals surface area contributed by atoms with Gasteiger partial charge in [-0.1, -0.05) is 0 Å². The van der Waals surface area contributed by atoms with E-state index in [1.807, 2.05) is 5.32 Å². The van der Waals surface area contributed by atoms with Gasteiger partial charge in [-0.15, -0.1) is 12.4 Å². The Morgan fingerprint density at radius 2 is 1.73 bits per heavy atom. The van der Waals surface area contributed by atoms with Gasteiger partial charge in [0.05, 0.1) is 0 Å². The van der Waals surface area contributed by atoms with Crippen molar-refractivity contribution in [2.75, 3.05) is 26.2 Å². The number of nitrogens with zero attached hydrogens (tertiary/aromatic N) is 1. The number of piperidine rings is 1. The van der Waals surface area contributed by atoms with Crippen molar-refractivity contribution in [3.8, 4) is 0 Å². The number of halogens is 4. The van der Waals surface area contributed by atoms with Crippen LogP contribution in [0.4, 0.5) is 13.2 Å². The van der Waals surface area contributed by atoms with Crippen molar-refractivity contribution in [1.29, 1.82) is 0 Å². The van der Waals surface area contributed by atoms with Crippen molar-refractivity contribution in [1.82, 2.24) is 15.5 Å². The second kappa shape index (κ2) is 6.23. The molecular formula is C13H19ClF3N3O2. The molecule has 0 radical (unpaired) electrons. The zero-order chi connectivity index (χ0) is 15.2. The molecule has 4 atom stereocenters. The summed E-state index contributed by atoms with van der Waals surface area (Å²) in [5.41, 5.74) is 0. The van der Waals surface area contributed by atoms with Crippen LogP contribution in [0, 0.1) is 17.8 Å². The number of rotatable bonds is 1. The number of fused-ring (bicyclic) bond motifs is 1. The second-order valence-corrected chi connectivity index (χ2v) is 6.15. The molecule has 0 aromatic carbocycles. The molecule has 2 unspecified atom stereocenters. The Balaban J connectivity index is 0.00000176. The van der Waals surface area contributed by atoms with E-state index in [4.69, 9.17) is 0 Å². The Kier molecular flexibility index (Phi) is 4.91. The first-order valence-electron chi connectivity index (χ1n) is 7.23. The van der Waals surface area contributed by atoms with Gasteiger partial charge in [-0.05, 0) is 24.7 Å². The minimum atomic E-state index is -4.44. The zero-order valence-electron chi connectivity index (χ0n) is 11.9. The third kappa shape index (κ3) is 3.17. The zero-order valence-corrected chi connectivity index (χ0v) is 12.7. The van der Waals surface area contributed by atoms with E-state index in [2.05, 4.69) is 5.32 Å². The molecule has 126 valence electrons. The molecule has 3 fully saturated rings. The molecule has 0 saturated carbocycles. The van der Waals surface area contributed by atoms with Crippen molar-refractivity contribution in [3.63, 3.8) is 0 Å². The molecule has 3 saturated heterocycles. The van der Waals surface area contributed by atoms with Crippen LogP contribution in [0.2, 0.25) is 0 Å². The maximum absolute atomic E-state index is 12.6. The van der Waals surface area contributed by atoms with Gasteiger partial charge in [-0.3, -0.25) is 9.59 Å². The van der Waals surface area contributed by atoms with Crippen LogP contribution in [0.3, 0.4) is 0 Å². The molecule has 0 bridgehead atoms. The monoisotopic (exact) mass is 341 g/mol. The highest BCUT2D eigenvalue weighted by Gasteiger charge is 2.48. The largest absolute Gasteiger partial charge is 0.408 e. The van der Waals surface area contributed by atoms with E-state index in [1.165, 1.54) is 0 Å². The van der Waals surface area contributed by atoms with E-state index >= 15 is 0 Å². The van der Waals surface area contributed by atoms with Crippen molar-refractivity contribution >= 4 is 24.2 Å². The lowest BCUT2D eigenvalue weighted by molar-refractivity contribution is -0.172. The fraction of sp³-hybridized carbons (Fsp3) is 0.846. The summed E-state index contributed by atoms with van der Waals surface area (Å²) in [5.74, 6) is -1.26. The Morgan fingerprint density at radius 1 is 1.14 bits per heavy atom. The molecular weight excluding hydrogens is 323 g/mol. The van der Waals surface area contributed by atoms with E-state index in [9.17, 15) is 22.8 Å². The Bertz CT molecular complexity index is 448. The molecule has 9 heteroatoms. The summed E-state index contributed by atoms with van der Waals surface area (Å²) in [4.78, 5) is 25.8. The minimum absolute atomic E-state index is 0. The summed E-state index contributed by atoms with van der Waals surface area (Å²) >= 11 is 0. The molecule has 2 amide bonds. The van der Waals surface area contributed by atoms with E-state index in [0.717, 1.165) is 13.1 Å². The van der Waals surface area contributed by atoms with Gasteiger partial charge in [0, 0.05) is 26.2 Å². The normalized spacial score (nSPS) is 34.9. The average molecular weight is 342 g/mol. The van der Waals surface area contributed by atoms with Crippen molar-refractivity contribution in [2.45, 2.75) is 25.1 Å². The Labute approximate surface area is 132 Å². The first-order chi connectivity index (χ1) is 9.86. The van der Waals surface area contributed by atoms with Gasteiger partial charge in [0.2, 0.25) is 11.8 Å². The van der Waals surface area contributed by atoms with Gasteiger partial charge in [-0.2, -0.15) is 13.2 Å². The highest BCUT2D eigenvalue weighted by molar-refractivity contribution is 6.01. The number of hydrogen-bond donors (Lipinski definition) is 2. The highest BCUT2D eigenvalue weighted by atomic mass is 35.5.